The maximum Gasteiger partial charge on any atom is 0.177 e. The fraction of sp³-hybridized carbons (Fsp3) is 0.0870. The van der Waals surface area contributed by atoms with Crippen LogP contribution in [-0.4, -0.2) is 19.5 Å². The Morgan fingerprint density at radius 1 is 0.673 bits per heavy atom. The van der Waals surface area contributed by atoms with Crippen molar-refractivity contribution in [3.05, 3.63) is 145 Å². The van der Waals surface area contributed by atoms with E-state index in [0.29, 0.717) is 16.6 Å². The summed E-state index contributed by atoms with van der Waals surface area (Å²) in [6.07, 6.45) is 1.87. The van der Waals surface area contributed by atoms with Gasteiger partial charge in [-0.1, -0.05) is 117 Å². The summed E-state index contributed by atoms with van der Waals surface area (Å²) in [6, 6.07) is 47.5. The summed E-state index contributed by atoms with van der Waals surface area (Å²) in [5.74, 6) is 0.0965. The minimum absolute atomic E-state index is 0. The van der Waals surface area contributed by atoms with Crippen LogP contribution < -0.4 is 0 Å². The third-order valence-electron chi connectivity index (χ3n) is 10.2. The number of pyridine rings is 2. The number of para-hydroxylation sites is 3. The van der Waals surface area contributed by atoms with Crippen LogP contribution in [0.4, 0.5) is 0 Å². The van der Waals surface area contributed by atoms with Gasteiger partial charge in [-0.25, -0.2) is 4.98 Å². The summed E-state index contributed by atoms with van der Waals surface area (Å²) in [6.45, 7) is 6.69. The largest absolute Gasteiger partial charge is 0.504 e. The molecule has 0 aliphatic carbocycles. The van der Waals surface area contributed by atoms with Crippen LogP contribution in [0.25, 0.3) is 93.8 Å². The minimum atomic E-state index is -0.126. The first kappa shape index (κ1) is 32.2. The average molecular weight is 854 g/mol. The molecule has 0 unspecified atom stereocenters. The molecule has 0 atom stereocenters. The van der Waals surface area contributed by atoms with Gasteiger partial charge in [0.1, 0.15) is 11.2 Å². The Bertz CT molecular complexity index is 3030. The monoisotopic (exact) mass is 853 g/mol. The number of fused-ring (bicyclic) bond motifs is 11. The average Bonchev–Trinajstić information content (AvgIpc) is 3.74. The number of benzene rings is 6. The maximum atomic E-state index is 12.0. The smallest absolute Gasteiger partial charge is 0.177 e. The zero-order valence-corrected chi connectivity index (χ0v) is 31.0. The standard InChI is InChI=1S/C46H32N3O2.Pt/c1-46(2,3)31-23-29(22-30(24-31)37-25-28(20-21-47-37)27-12-5-4-6-13-27)32-16-11-18-39-42(32)48-45-41-35(33-14-7-9-17-38(33)49(39)45)26-36-34-15-8-10-19-40(34)51-44(36)43(41)50;/h4-21,23-26,50H,1-3H3;/q-1;. The summed E-state index contributed by atoms with van der Waals surface area (Å²) in [4.78, 5) is 10.2. The van der Waals surface area contributed by atoms with Crippen LogP contribution in [0.15, 0.2) is 138 Å². The Morgan fingerprint density at radius 2 is 1.40 bits per heavy atom. The molecule has 0 aliphatic rings. The Balaban J connectivity index is 0.00000360. The van der Waals surface area contributed by atoms with Crippen LogP contribution in [0.5, 0.6) is 5.75 Å². The number of rotatable bonds is 3. The van der Waals surface area contributed by atoms with Crippen LogP contribution in [0.3, 0.4) is 0 Å². The number of phenols is 1. The van der Waals surface area contributed by atoms with Crippen LogP contribution in [-0.2, 0) is 26.5 Å². The van der Waals surface area contributed by atoms with E-state index in [-0.39, 0.29) is 32.2 Å². The predicted octanol–water partition coefficient (Wildman–Crippen LogP) is 11.9. The molecular weight excluding hydrogens is 822 g/mol. The summed E-state index contributed by atoms with van der Waals surface area (Å²) in [5, 5.41) is 16.5. The molecule has 6 aromatic carbocycles. The Labute approximate surface area is 314 Å². The van der Waals surface area contributed by atoms with E-state index in [2.05, 4.69) is 116 Å². The molecule has 10 aromatic rings. The molecule has 1 N–H and O–H groups in total. The van der Waals surface area contributed by atoms with Crippen molar-refractivity contribution in [2.75, 3.05) is 0 Å². The quantitative estimate of drug-likeness (QED) is 0.142. The van der Waals surface area contributed by atoms with Gasteiger partial charge in [-0.05, 0) is 52.3 Å². The van der Waals surface area contributed by atoms with E-state index in [0.717, 1.165) is 77.2 Å². The van der Waals surface area contributed by atoms with E-state index in [1.165, 1.54) is 5.56 Å². The molecule has 0 spiro atoms. The third-order valence-corrected chi connectivity index (χ3v) is 10.2. The molecule has 6 heteroatoms. The fourth-order valence-electron chi connectivity index (χ4n) is 7.58. The van der Waals surface area contributed by atoms with E-state index in [1.54, 1.807) is 0 Å². The second kappa shape index (κ2) is 11.9. The molecule has 52 heavy (non-hydrogen) atoms. The predicted molar refractivity (Wildman–Crippen MR) is 208 cm³/mol. The van der Waals surface area contributed by atoms with Gasteiger partial charge in [0, 0.05) is 49.1 Å². The molecule has 0 fully saturated rings. The molecule has 0 amide bonds. The van der Waals surface area contributed by atoms with Crippen LogP contribution in [0.2, 0.25) is 0 Å². The first-order valence-corrected chi connectivity index (χ1v) is 17.2. The SMILES string of the molecule is CC(C)(C)c1cc(-c2cc(-c3ccccc3)ccn2)[c-]c(-c2cccc3c2nc2c4c(O)c5oc6ccccc6c5cc4c4ccccc4n32)c1.[Pt]. The summed E-state index contributed by atoms with van der Waals surface area (Å²) >= 11 is 0. The number of furan rings is 1. The van der Waals surface area contributed by atoms with E-state index in [1.807, 2.05) is 48.7 Å². The number of hydrogen-bond acceptors (Lipinski definition) is 4. The van der Waals surface area contributed by atoms with Crippen molar-refractivity contribution in [3.8, 4) is 39.3 Å². The van der Waals surface area contributed by atoms with E-state index in [9.17, 15) is 5.11 Å². The summed E-state index contributed by atoms with van der Waals surface area (Å²) in [5.41, 5.74) is 11.7. The summed E-state index contributed by atoms with van der Waals surface area (Å²) < 4.78 is 8.43. The third kappa shape index (κ3) is 4.87. The number of nitrogens with zero attached hydrogens (tertiary/aromatic N) is 3. The summed E-state index contributed by atoms with van der Waals surface area (Å²) in [7, 11) is 0. The van der Waals surface area contributed by atoms with Crippen LogP contribution in [0.1, 0.15) is 26.3 Å². The number of aromatic nitrogens is 3. The zero-order chi connectivity index (χ0) is 34.4. The van der Waals surface area contributed by atoms with Crippen molar-refractivity contribution in [1.29, 1.82) is 0 Å². The first-order valence-electron chi connectivity index (χ1n) is 17.2. The second-order valence-electron chi connectivity index (χ2n) is 14.3. The number of hydrogen-bond donors (Lipinski definition) is 1. The van der Waals surface area contributed by atoms with Gasteiger partial charge < -0.3 is 9.52 Å². The molecule has 254 valence electrons. The van der Waals surface area contributed by atoms with Crippen molar-refractivity contribution < 1.29 is 30.6 Å². The topological polar surface area (TPSA) is 63.6 Å². The van der Waals surface area contributed by atoms with Gasteiger partial charge in [0.15, 0.2) is 11.3 Å². The van der Waals surface area contributed by atoms with E-state index < -0.39 is 0 Å². The molecule has 4 heterocycles. The molecule has 0 saturated heterocycles. The zero-order valence-electron chi connectivity index (χ0n) is 28.7. The van der Waals surface area contributed by atoms with Gasteiger partial charge in [-0.3, -0.25) is 9.38 Å². The van der Waals surface area contributed by atoms with E-state index >= 15 is 0 Å². The number of aromatic hydroxyl groups is 1. The van der Waals surface area contributed by atoms with Crippen molar-refractivity contribution in [1.82, 2.24) is 14.4 Å². The molecule has 0 aliphatic heterocycles. The molecule has 0 radical (unpaired) electrons. The Kier molecular flexibility index (Phi) is 7.36. The van der Waals surface area contributed by atoms with Gasteiger partial charge >= 0.3 is 0 Å². The molecular formula is C46H32N3O2Pt-. The molecule has 10 rings (SSSR count). The molecule has 0 bridgehead atoms. The normalized spacial score (nSPS) is 12.1. The second-order valence-corrected chi connectivity index (χ2v) is 14.3. The number of phenolic OH excluding ortho intramolecular Hbond substituents is 1. The van der Waals surface area contributed by atoms with Crippen molar-refractivity contribution in [3.63, 3.8) is 0 Å². The van der Waals surface area contributed by atoms with Crippen LogP contribution in [0, 0.1) is 6.07 Å². The molecule has 4 aromatic heterocycles. The Morgan fingerprint density at radius 3 is 2.23 bits per heavy atom. The van der Waals surface area contributed by atoms with Crippen molar-refractivity contribution in [2.24, 2.45) is 0 Å². The molecule has 0 saturated carbocycles. The van der Waals surface area contributed by atoms with Gasteiger partial charge in [0.2, 0.25) is 0 Å². The first-order chi connectivity index (χ1) is 24.8. The van der Waals surface area contributed by atoms with E-state index in [4.69, 9.17) is 14.4 Å². The van der Waals surface area contributed by atoms with Crippen molar-refractivity contribution >= 4 is 60.3 Å². The van der Waals surface area contributed by atoms with Gasteiger partial charge in [0.25, 0.3) is 0 Å². The van der Waals surface area contributed by atoms with Crippen molar-refractivity contribution in [2.45, 2.75) is 26.2 Å². The van der Waals surface area contributed by atoms with Gasteiger partial charge in [-0.2, -0.15) is 0 Å². The number of imidazole rings is 1. The van der Waals surface area contributed by atoms with Gasteiger partial charge in [-0.15, -0.1) is 29.3 Å². The van der Waals surface area contributed by atoms with Crippen LogP contribution >= 0.6 is 0 Å². The Hall–Kier alpha value is -5.77. The maximum absolute atomic E-state index is 12.0. The minimum Gasteiger partial charge on any atom is -0.504 e. The molecule has 5 nitrogen and oxygen atoms in total. The van der Waals surface area contributed by atoms with Gasteiger partial charge in [0.05, 0.1) is 21.9 Å². The fourth-order valence-corrected chi connectivity index (χ4v) is 7.58.